The number of nitrogens with two attached hydrogens (primary N) is 1. The minimum Gasteiger partial charge on any atom is -0.508 e. The predicted molar refractivity (Wildman–Crippen MR) is 184 cm³/mol. The maximum absolute atomic E-state index is 13.3. The molecule has 1 saturated carbocycles. The van der Waals surface area contributed by atoms with Crippen LogP contribution in [-0.4, -0.2) is 85.0 Å². The van der Waals surface area contributed by atoms with E-state index in [2.05, 4.69) is 31.7 Å². The van der Waals surface area contributed by atoms with Crippen LogP contribution in [0.1, 0.15) is 90.1 Å². The van der Waals surface area contributed by atoms with Gasteiger partial charge in [-0.25, -0.2) is 0 Å². The molecule has 0 saturated heterocycles. The first-order valence-corrected chi connectivity index (χ1v) is 17.8. The molecule has 2 rings (SSSR count). The monoisotopic (exact) mass is 680 g/mol. The van der Waals surface area contributed by atoms with Gasteiger partial charge in [-0.3, -0.25) is 24.0 Å². The summed E-state index contributed by atoms with van der Waals surface area (Å²) in [5.41, 5.74) is 3.60. The molecular weight excluding hydrogens is 622 g/mol. The number of unbranched alkanes of at least 4 members (excludes halogenated alkanes) is 2. The summed E-state index contributed by atoms with van der Waals surface area (Å²) in [6.07, 6.45) is 10.2. The Labute approximate surface area is 287 Å². The molecule has 3 atom stereocenters. The summed E-state index contributed by atoms with van der Waals surface area (Å²) in [7, 11) is 1.35. The quantitative estimate of drug-likeness (QED) is 0.0838. The van der Waals surface area contributed by atoms with Crippen LogP contribution in [0.2, 0.25) is 1.41 Å². The van der Waals surface area contributed by atoms with Gasteiger partial charge in [-0.1, -0.05) is 38.5 Å². The molecule has 13 heteroatoms. The highest BCUT2D eigenvalue weighted by molar-refractivity contribution is 7.98. The van der Waals surface area contributed by atoms with Crippen LogP contribution in [0.5, 0.6) is 5.75 Å². The number of nitrogens with one attached hydrogen (secondary N) is 4. The van der Waals surface area contributed by atoms with Crippen LogP contribution < -0.4 is 27.0 Å². The minimum absolute atomic E-state index is 0.0325. The number of esters is 1. The van der Waals surface area contributed by atoms with E-state index >= 15 is 0 Å². The fraction of sp³-hybridized carbons (Fsp3) is 0.676. The first-order chi connectivity index (χ1) is 24.1. The van der Waals surface area contributed by atoms with E-state index in [0.29, 0.717) is 60.6 Å². The number of hydrogen-bond donors (Lipinski definition) is 6. The van der Waals surface area contributed by atoms with Crippen LogP contribution in [0.25, 0.3) is 0 Å². The van der Waals surface area contributed by atoms with Gasteiger partial charge in [0.05, 0.1) is 19.7 Å². The van der Waals surface area contributed by atoms with Crippen molar-refractivity contribution in [3.63, 3.8) is 0 Å². The Kier molecular flexibility index (Phi) is 16.0. The lowest BCUT2D eigenvalue weighted by molar-refractivity contribution is -0.140. The van der Waals surface area contributed by atoms with Crippen LogP contribution >= 0.6 is 11.8 Å². The lowest BCUT2D eigenvalue weighted by atomic mass is 9.84. The van der Waals surface area contributed by atoms with E-state index < -0.39 is 42.4 Å². The predicted octanol–water partition coefficient (Wildman–Crippen LogP) is 2.54. The lowest BCUT2D eigenvalue weighted by Gasteiger charge is -2.27. The third-order valence-corrected chi connectivity index (χ3v) is 8.99. The minimum atomic E-state index is -1.12. The molecule has 4 amide bonds. The third kappa shape index (κ3) is 15.0. The summed E-state index contributed by atoms with van der Waals surface area (Å²) in [5, 5.41) is 20.9. The number of benzene rings is 1. The van der Waals surface area contributed by atoms with Crippen molar-refractivity contribution < 1.29 is 38.0 Å². The summed E-state index contributed by atoms with van der Waals surface area (Å²) in [6, 6.07) is -0.0884. The molecule has 1 aromatic carbocycles. The van der Waals surface area contributed by atoms with Crippen molar-refractivity contribution in [1.29, 1.82) is 0 Å². The third-order valence-electron chi connectivity index (χ3n) is 8.34. The Morgan fingerprint density at radius 3 is 2.34 bits per heavy atom. The van der Waals surface area contributed by atoms with Gasteiger partial charge in [0.25, 0.3) is 0 Å². The average Bonchev–Trinajstić information content (AvgIpc) is 3.12. The van der Waals surface area contributed by atoms with E-state index in [-0.39, 0.29) is 44.3 Å². The second-order valence-electron chi connectivity index (χ2n) is 12.1. The number of hydrogen-bond acceptors (Lipinski definition) is 9. The fourth-order valence-corrected chi connectivity index (χ4v) is 6.12. The molecule has 1 fully saturated rings. The number of phenolic OH excluding ortho intramolecular Hbond substituents is 1. The zero-order valence-electron chi connectivity index (χ0n) is 30.8. The summed E-state index contributed by atoms with van der Waals surface area (Å²) >= 11 is 1.47. The van der Waals surface area contributed by atoms with Crippen molar-refractivity contribution in [2.75, 3.05) is 32.2 Å². The number of ether oxygens (including phenoxy) is 1. The second kappa shape index (κ2) is 21.5. The standard InChI is InChI=1S/C34H55N5O7S/c1-22-17-25(40)18-23(2)26(22)20-27(35)32(43)39-28(14-16-47-4)33(44)37-21-30(41)38-29(19-24-11-7-5-8-12-24)34(45)36-15-10-6-9-13-31(42)46-3/h17-18,24,27-29,40H,5-16,19-21,35H2,1-4H3,(H,36,45)(H,37,44)(H,38,41)(H,39,43)/t27-,28-,29-/m0/s1/i1D,2D/hD. The number of phenols is 1. The first kappa shape index (κ1) is 35.0. The van der Waals surface area contributed by atoms with Crippen molar-refractivity contribution in [3.05, 3.63) is 28.8 Å². The highest BCUT2D eigenvalue weighted by Crippen LogP contribution is 2.27. The lowest BCUT2D eigenvalue weighted by Crippen LogP contribution is -2.54. The molecule has 1 aromatic rings. The Bertz CT molecular complexity index is 1230. The highest BCUT2D eigenvalue weighted by Gasteiger charge is 2.28. The van der Waals surface area contributed by atoms with E-state index in [1.165, 1.54) is 31.0 Å². The second-order valence-corrected chi connectivity index (χ2v) is 13.1. The number of rotatable bonds is 21. The molecule has 0 radical (unpaired) electrons. The van der Waals surface area contributed by atoms with Crippen LogP contribution in [0.4, 0.5) is 0 Å². The topological polar surface area (TPSA) is 189 Å². The maximum atomic E-state index is 13.3. The average molecular weight is 681 g/mol. The molecule has 0 aliphatic heterocycles. The molecule has 0 heterocycles. The molecule has 0 aromatic heterocycles. The van der Waals surface area contributed by atoms with Gasteiger partial charge in [0.2, 0.25) is 23.6 Å². The number of aromatic hydroxyl groups is 1. The molecule has 12 nitrogen and oxygen atoms in total. The van der Waals surface area contributed by atoms with Crippen molar-refractivity contribution in [3.8, 4) is 5.75 Å². The van der Waals surface area contributed by atoms with Gasteiger partial charge in [-0.15, -0.1) is 0 Å². The van der Waals surface area contributed by atoms with E-state index in [1.807, 2.05) is 6.26 Å². The number of thioether (sulfide) groups is 1. The van der Waals surface area contributed by atoms with Gasteiger partial charge in [0.15, 0.2) is 0 Å². The van der Waals surface area contributed by atoms with Crippen LogP contribution in [0.3, 0.4) is 0 Å². The normalized spacial score (nSPS) is 16.0. The number of carbonyl (C=O) groups excluding carboxylic acids is 5. The Balaban J connectivity index is 2.01. The number of carbonyl (C=O) groups is 5. The van der Waals surface area contributed by atoms with Gasteiger partial charge in [0, 0.05) is 15.7 Å². The number of amides is 4. The van der Waals surface area contributed by atoms with Gasteiger partial charge >= 0.3 is 5.97 Å². The molecule has 7 N–H and O–H groups in total. The Morgan fingerprint density at radius 1 is 1.00 bits per heavy atom. The Morgan fingerprint density at radius 2 is 1.70 bits per heavy atom. The van der Waals surface area contributed by atoms with Gasteiger partial charge in [-0.2, -0.15) is 11.8 Å². The molecule has 1 aliphatic carbocycles. The molecule has 1 aliphatic rings. The molecule has 0 spiro atoms. The van der Waals surface area contributed by atoms with Gasteiger partial charge < -0.3 is 36.8 Å². The smallest absolute Gasteiger partial charge is 0.305 e. The summed E-state index contributed by atoms with van der Waals surface area (Å²) < 4.78 is 28.1. The van der Waals surface area contributed by atoms with Crippen molar-refractivity contribution in [1.82, 2.24) is 21.3 Å². The van der Waals surface area contributed by atoms with Crippen molar-refractivity contribution in [2.45, 2.75) is 109 Å². The van der Waals surface area contributed by atoms with Crippen LogP contribution in [0.15, 0.2) is 12.1 Å². The van der Waals surface area contributed by atoms with Gasteiger partial charge in [0.1, 0.15) is 19.2 Å². The van der Waals surface area contributed by atoms with Crippen molar-refractivity contribution >= 4 is 41.4 Å². The number of aryl methyl sites for hydroxylation is 2. The van der Waals surface area contributed by atoms with Gasteiger partial charge in [-0.05, 0) is 92.7 Å². The number of methoxy groups -OCH3 is 1. The molecule has 264 valence electrons. The zero-order chi connectivity index (χ0) is 36.9. The fourth-order valence-electron chi connectivity index (χ4n) is 5.65. The molecular formula is C34H55N5O7S. The molecule has 47 heavy (non-hydrogen) atoms. The summed E-state index contributed by atoms with van der Waals surface area (Å²) in [5.74, 6) is -1.58. The first-order valence-electron chi connectivity index (χ1n) is 18.3. The van der Waals surface area contributed by atoms with Crippen LogP contribution in [-0.2, 0) is 35.1 Å². The highest BCUT2D eigenvalue weighted by atomic mass is 32.2. The van der Waals surface area contributed by atoms with E-state index in [9.17, 15) is 29.1 Å². The van der Waals surface area contributed by atoms with E-state index in [4.69, 9.17) is 4.15 Å². The zero-order valence-corrected chi connectivity index (χ0v) is 28.6. The Hall–Kier alpha value is -3.32. The molecule has 0 unspecified atom stereocenters. The summed E-state index contributed by atoms with van der Waals surface area (Å²) in [6.45, 7) is -0.378. The SMILES string of the molecule is [2H]Cc1cc(O)cc(C[2H])c1C[C@H](N[2H])C(=O)N[C@@H](CCSC)C(=O)NCC(=O)N[C@@H](CC1CCCCC1)C(=O)NCCCCCC(=O)OC. The van der Waals surface area contributed by atoms with Crippen LogP contribution in [0, 0.1) is 19.7 Å². The molecule has 0 bridgehead atoms. The van der Waals surface area contributed by atoms with Crippen molar-refractivity contribution in [2.24, 2.45) is 11.6 Å². The van der Waals surface area contributed by atoms with E-state index in [0.717, 1.165) is 38.5 Å². The maximum Gasteiger partial charge on any atom is 0.305 e. The summed E-state index contributed by atoms with van der Waals surface area (Å²) in [4.78, 5) is 64.1. The largest absolute Gasteiger partial charge is 0.508 e. The van der Waals surface area contributed by atoms with E-state index in [1.54, 1.807) is 0 Å².